The van der Waals surface area contributed by atoms with Gasteiger partial charge < -0.3 is 9.84 Å². The maximum atomic E-state index is 12.3. The van der Waals surface area contributed by atoms with Crippen molar-refractivity contribution in [2.24, 2.45) is 5.92 Å². The first-order chi connectivity index (χ1) is 12.2. The summed E-state index contributed by atoms with van der Waals surface area (Å²) >= 11 is 1.64. The van der Waals surface area contributed by atoms with Gasteiger partial charge in [-0.05, 0) is 26.7 Å². The predicted octanol–water partition coefficient (Wildman–Crippen LogP) is 1.19. The van der Waals surface area contributed by atoms with E-state index in [4.69, 9.17) is 9.51 Å². The standard InChI is InChI=1S/C16H22N4O4S2/c1-9-14(10(2)24-20-9)16-19-12-8-11(4-5-13(12)25-16)15(21)17-6-7-18-26(3,22)23/h11,18H,4-8H2,1-3H3,(H,17,21). The Morgan fingerprint density at radius 1 is 1.35 bits per heavy atom. The third-order valence-electron chi connectivity index (χ3n) is 4.34. The second-order valence-corrected chi connectivity index (χ2v) is 9.40. The first-order valence-corrected chi connectivity index (χ1v) is 11.1. The molecule has 1 aliphatic rings. The van der Waals surface area contributed by atoms with Crippen LogP contribution in [0.15, 0.2) is 4.52 Å². The van der Waals surface area contributed by atoms with Crippen molar-refractivity contribution < 1.29 is 17.7 Å². The van der Waals surface area contributed by atoms with Gasteiger partial charge in [-0.3, -0.25) is 4.79 Å². The molecule has 0 fully saturated rings. The summed E-state index contributed by atoms with van der Waals surface area (Å²) in [7, 11) is -3.24. The highest BCUT2D eigenvalue weighted by Crippen LogP contribution is 2.36. The molecule has 0 radical (unpaired) electrons. The van der Waals surface area contributed by atoms with Crippen LogP contribution >= 0.6 is 11.3 Å². The van der Waals surface area contributed by atoms with Crippen molar-refractivity contribution in [2.45, 2.75) is 33.1 Å². The third kappa shape index (κ3) is 4.30. The van der Waals surface area contributed by atoms with Gasteiger partial charge in [-0.15, -0.1) is 11.3 Å². The first-order valence-electron chi connectivity index (χ1n) is 8.38. The third-order valence-corrected chi connectivity index (χ3v) is 6.25. The van der Waals surface area contributed by atoms with Crippen LogP contribution < -0.4 is 10.0 Å². The zero-order valence-electron chi connectivity index (χ0n) is 15.0. The monoisotopic (exact) mass is 398 g/mol. The smallest absolute Gasteiger partial charge is 0.223 e. The lowest BCUT2D eigenvalue weighted by molar-refractivity contribution is -0.125. The van der Waals surface area contributed by atoms with E-state index in [0.29, 0.717) is 6.42 Å². The van der Waals surface area contributed by atoms with Crippen LogP contribution in [0.5, 0.6) is 0 Å². The van der Waals surface area contributed by atoms with E-state index in [2.05, 4.69) is 15.2 Å². The molecule has 2 aromatic heterocycles. The number of nitrogens with one attached hydrogen (secondary N) is 2. The molecule has 0 aromatic carbocycles. The molecular weight excluding hydrogens is 376 g/mol. The van der Waals surface area contributed by atoms with Crippen LogP contribution in [0.1, 0.15) is 28.4 Å². The minimum Gasteiger partial charge on any atom is -0.361 e. The Morgan fingerprint density at radius 3 is 2.77 bits per heavy atom. The van der Waals surface area contributed by atoms with Crippen molar-refractivity contribution in [3.05, 3.63) is 22.0 Å². The SMILES string of the molecule is Cc1noc(C)c1-c1nc2c(s1)CCC(C(=O)NCCNS(C)(=O)=O)C2. The number of aromatic nitrogens is 2. The molecule has 0 saturated carbocycles. The molecule has 8 nitrogen and oxygen atoms in total. The summed E-state index contributed by atoms with van der Waals surface area (Å²) < 4.78 is 29.6. The number of aryl methyl sites for hydroxylation is 3. The van der Waals surface area contributed by atoms with Gasteiger partial charge in [-0.25, -0.2) is 18.1 Å². The summed E-state index contributed by atoms with van der Waals surface area (Å²) in [6, 6.07) is 0. The minimum atomic E-state index is -3.24. The highest BCUT2D eigenvalue weighted by molar-refractivity contribution is 7.88. The Labute approximate surface area is 156 Å². The molecule has 2 aromatic rings. The number of rotatable bonds is 6. The number of thiazole rings is 1. The van der Waals surface area contributed by atoms with Gasteiger partial charge in [0.05, 0.1) is 23.2 Å². The number of amides is 1. The van der Waals surface area contributed by atoms with Crippen molar-refractivity contribution in [2.75, 3.05) is 19.3 Å². The number of fused-ring (bicyclic) bond motifs is 1. The van der Waals surface area contributed by atoms with E-state index in [0.717, 1.165) is 46.8 Å². The maximum absolute atomic E-state index is 12.3. The van der Waals surface area contributed by atoms with E-state index in [1.54, 1.807) is 11.3 Å². The molecule has 1 atom stereocenters. The lowest BCUT2D eigenvalue weighted by Gasteiger charge is -2.20. The molecule has 1 unspecified atom stereocenters. The van der Waals surface area contributed by atoms with E-state index >= 15 is 0 Å². The number of carbonyl (C=O) groups is 1. The number of carbonyl (C=O) groups excluding carboxylic acids is 1. The Morgan fingerprint density at radius 2 is 2.12 bits per heavy atom. The van der Waals surface area contributed by atoms with Crippen LogP contribution in [0.25, 0.3) is 10.6 Å². The van der Waals surface area contributed by atoms with Crippen molar-refractivity contribution in [3.8, 4) is 10.6 Å². The highest BCUT2D eigenvalue weighted by Gasteiger charge is 2.28. The average Bonchev–Trinajstić information content (AvgIpc) is 3.12. The van der Waals surface area contributed by atoms with Gasteiger partial charge in [-0.2, -0.15) is 0 Å². The molecule has 2 heterocycles. The number of sulfonamides is 1. The van der Waals surface area contributed by atoms with E-state index in [1.807, 2.05) is 13.8 Å². The summed E-state index contributed by atoms with van der Waals surface area (Å²) in [5, 5.41) is 7.67. The highest BCUT2D eigenvalue weighted by atomic mass is 32.2. The molecule has 0 aliphatic heterocycles. The van der Waals surface area contributed by atoms with Gasteiger partial charge in [-0.1, -0.05) is 5.16 Å². The van der Waals surface area contributed by atoms with E-state index in [1.165, 1.54) is 4.88 Å². The largest absolute Gasteiger partial charge is 0.361 e. The molecule has 3 rings (SSSR count). The molecule has 0 spiro atoms. The fraction of sp³-hybridized carbons (Fsp3) is 0.562. The fourth-order valence-corrected chi connectivity index (χ4v) is 4.79. The zero-order valence-corrected chi connectivity index (χ0v) is 16.6. The molecule has 1 amide bonds. The summed E-state index contributed by atoms with van der Waals surface area (Å²) in [6.45, 7) is 4.23. The van der Waals surface area contributed by atoms with Gasteiger partial charge in [0, 0.05) is 30.3 Å². The number of hydrogen-bond acceptors (Lipinski definition) is 7. The van der Waals surface area contributed by atoms with E-state index in [9.17, 15) is 13.2 Å². The van der Waals surface area contributed by atoms with Crippen LogP contribution in [0.2, 0.25) is 0 Å². The lowest BCUT2D eigenvalue weighted by atomic mass is 9.90. The Bertz CT molecular complexity index is 897. The zero-order chi connectivity index (χ0) is 18.9. The molecule has 0 saturated heterocycles. The van der Waals surface area contributed by atoms with Crippen molar-refractivity contribution in [1.82, 2.24) is 20.2 Å². The normalized spacial score (nSPS) is 17.1. The Hall–Kier alpha value is -1.78. The summed E-state index contributed by atoms with van der Waals surface area (Å²) in [4.78, 5) is 18.3. The summed E-state index contributed by atoms with van der Waals surface area (Å²) in [5.74, 6) is 0.555. The second kappa shape index (κ2) is 7.45. The minimum absolute atomic E-state index is 0.0576. The molecule has 0 bridgehead atoms. The Kier molecular flexibility index (Phi) is 5.44. The van der Waals surface area contributed by atoms with Crippen LogP contribution in [-0.4, -0.2) is 43.8 Å². The molecule has 1 aliphatic carbocycles. The summed E-state index contributed by atoms with van der Waals surface area (Å²) in [6.07, 6.45) is 3.27. The van der Waals surface area contributed by atoms with Crippen LogP contribution in [0.3, 0.4) is 0 Å². The number of nitrogens with zero attached hydrogens (tertiary/aromatic N) is 2. The Balaban J connectivity index is 1.62. The maximum Gasteiger partial charge on any atom is 0.223 e. The fourth-order valence-electron chi connectivity index (χ4n) is 3.06. The lowest BCUT2D eigenvalue weighted by Crippen LogP contribution is -2.38. The topological polar surface area (TPSA) is 114 Å². The molecule has 2 N–H and O–H groups in total. The molecule has 142 valence electrons. The van der Waals surface area contributed by atoms with Gasteiger partial charge in [0.15, 0.2) is 0 Å². The van der Waals surface area contributed by atoms with Crippen molar-refractivity contribution in [3.63, 3.8) is 0 Å². The molecule has 10 heteroatoms. The van der Waals surface area contributed by atoms with Crippen LogP contribution in [0, 0.1) is 19.8 Å². The van der Waals surface area contributed by atoms with E-state index in [-0.39, 0.29) is 24.9 Å². The van der Waals surface area contributed by atoms with Gasteiger partial charge in [0.2, 0.25) is 15.9 Å². The van der Waals surface area contributed by atoms with E-state index < -0.39 is 10.0 Å². The van der Waals surface area contributed by atoms with Crippen molar-refractivity contribution in [1.29, 1.82) is 0 Å². The summed E-state index contributed by atoms with van der Waals surface area (Å²) in [5.41, 5.74) is 2.73. The van der Waals surface area contributed by atoms with Gasteiger partial charge in [0.1, 0.15) is 10.8 Å². The predicted molar refractivity (Wildman–Crippen MR) is 98.5 cm³/mol. The quantitative estimate of drug-likeness (QED) is 0.707. The first kappa shape index (κ1) is 19.0. The molecule has 26 heavy (non-hydrogen) atoms. The average molecular weight is 399 g/mol. The van der Waals surface area contributed by atoms with Gasteiger partial charge in [0.25, 0.3) is 0 Å². The van der Waals surface area contributed by atoms with Crippen molar-refractivity contribution >= 4 is 27.3 Å². The number of hydrogen-bond donors (Lipinski definition) is 2. The van der Waals surface area contributed by atoms with Crippen LogP contribution in [0.4, 0.5) is 0 Å². The van der Waals surface area contributed by atoms with Gasteiger partial charge >= 0.3 is 0 Å². The second-order valence-electron chi connectivity index (χ2n) is 6.49. The van der Waals surface area contributed by atoms with Crippen LogP contribution in [-0.2, 0) is 27.7 Å². The molecular formula is C16H22N4O4S2.